The zero-order chi connectivity index (χ0) is 13.2. The van der Waals surface area contributed by atoms with Crippen LogP contribution in [0.4, 0.5) is 0 Å². The molecule has 1 aliphatic rings. The van der Waals surface area contributed by atoms with Gasteiger partial charge in [-0.1, -0.05) is 0 Å². The fourth-order valence-electron chi connectivity index (χ4n) is 2.53. The summed E-state index contributed by atoms with van der Waals surface area (Å²) in [7, 11) is 0. The van der Waals surface area contributed by atoms with Gasteiger partial charge in [0.05, 0.1) is 6.54 Å². The molecule has 3 rings (SSSR count). The largest absolute Gasteiger partial charge is 0.314 e. The molecule has 102 valence electrons. The van der Waals surface area contributed by atoms with Crippen LogP contribution in [0.15, 0.2) is 12.1 Å². The summed E-state index contributed by atoms with van der Waals surface area (Å²) in [6.07, 6.45) is 3.57. The summed E-state index contributed by atoms with van der Waals surface area (Å²) in [6.45, 7) is 6.23. The van der Waals surface area contributed by atoms with Crippen molar-refractivity contribution in [3.8, 4) is 0 Å². The van der Waals surface area contributed by atoms with Gasteiger partial charge >= 0.3 is 0 Å². The van der Waals surface area contributed by atoms with Gasteiger partial charge < -0.3 is 9.88 Å². The summed E-state index contributed by atoms with van der Waals surface area (Å²) in [6, 6.07) is 4.75. The van der Waals surface area contributed by atoms with E-state index in [9.17, 15) is 0 Å². The molecule has 0 saturated carbocycles. The lowest BCUT2D eigenvalue weighted by atomic mass is 10.1. The van der Waals surface area contributed by atoms with Crippen molar-refractivity contribution in [1.82, 2.24) is 20.1 Å². The van der Waals surface area contributed by atoms with Gasteiger partial charge in [0, 0.05) is 28.8 Å². The number of nitrogens with one attached hydrogen (secondary N) is 1. The van der Waals surface area contributed by atoms with Gasteiger partial charge in [0.15, 0.2) is 0 Å². The van der Waals surface area contributed by atoms with E-state index >= 15 is 0 Å². The number of aryl methyl sites for hydroxylation is 2. The van der Waals surface area contributed by atoms with Crippen molar-refractivity contribution in [2.45, 2.75) is 52.2 Å². The molecule has 0 aromatic carbocycles. The van der Waals surface area contributed by atoms with Crippen LogP contribution in [-0.4, -0.2) is 14.8 Å². The molecule has 1 unspecified atom stereocenters. The Kier molecular flexibility index (Phi) is 3.66. The second-order valence-corrected chi connectivity index (χ2v) is 6.51. The zero-order valence-corrected chi connectivity index (χ0v) is 12.3. The standard InChI is InChI=1S/C14H20N4S/c1-10-6-7-12(19-10)11(2)15-9-14-17-16-13-5-3-4-8-18(13)14/h6-7,11,15H,3-5,8-9H2,1-2H3. The minimum Gasteiger partial charge on any atom is -0.314 e. The van der Waals surface area contributed by atoms with E-state index in [2.05, 4.69) is 46.1 Å². The van der Waals surface area contributed by atoms with Crippen LogP contribution in [0.2, 0.25) is 0 Å². The van der Waals surface area contributed by atoms with Crippen LogP contribution >= 0.6 is 11.3 Å². The van der Waals surface area contributed by atoms with E-state index < -0.39 is 0 Å². The number of rotatable bonds is 4. The van der Waals surface area contributed by atoms with Crippen LogP contribution in [0.25, 0.3) is 0 Å². The van der Waals surface area contributed by atoms with Crippen molar-refractivity contribution in [2.24, 2.45) is 0 Å². The minimum atomic E-state index is 0.371. The minimum absolute atomic E-state index is 0.371. The van der Waals surface area contributed by atoms with E-state index in [1.54, 1.807) is 0 Å². The number of fused-ring (bicyclic) bond motifs is 1. The molecule has 2 aromatic heterocycles. The molecule has 1 atom stereocenters. The Morgan fingerprint density at radius 2 is 2.26 bits per heavy atom. The van der Waals surface area contributed by atoms with Crippen molar-refractivity contribution in [3.63, 3.8) is 0 Å². The quantitative estimate of drug-likeness (QED) is 0.933. The molecule has 0 fully saturated rings. The molecule has 3 heterocycles. The van der Waals surface area contributed by atoms with E-state index in [0.29, 0.717) is 6.04 Å². The molecular weight excluding hydrogens is 256 g/mol. The lowest BCUT2D eigenvalue weighted by Gasteiger charge is -2.16. The summed E-state index contributed by atoms with van der Waals surface area (Å²) in [5.74, 6) is 2.23. The SMILES string of the molecule is Cc1ccc(C(C)NCc2nnc3n2CCCC3)s1. The van der Waals surface area contributed by atoms with Crippen molar-refractivity contribution >= 4 is 11.3 Å². The maximum Gasteiger partial charge on any atom is 0.147 e. The highest BCUT2D eigenvalue weighted by Gasteiger charge is 2.16. The first-order valence-electron chi connectivity index (χ1n) is 6.94. The molecule has 0 radical (unpaired) electrons. The number of aromatic nitrogens is 3. The van der Waals surface area contributed by atoms with Crippen molar-refractivity contribution in [1.29, 1.82) is 0 Å². The fourth-order valence-corrected chi connectivity index (χ4v) is 3.43. The van der Waals surface area contributed by atoms with Gasteiger partial charge in [-0.15, -0.1) is 21.5 Å². The average molecular weight is 276 g/mol. The maximum atomic E-state index is 4.32. The van der Waals surface area contributed by atoms with E-state index in [1.165, 1.54) is 22.6 Å². The lowest BCUT2D eigenvalue weighted by Crippen LogP contribution is -2.21. The van der Waals surface area contributed by atoms with Gasteiger partial charge in [0.2, 0.25) is 0 Å². The Morgan fingerprint density at radius 1 is 1.37 bits per heavy atom. The normalized spacial score (nSPS) is 16.3. The lowest BCUT2D eigenvalue weighted by molar-refractivity contribution is 0.485. The Hall–Kier alpha value is -1.20. The summed E-state index contributed by atoms with van der Waals surface area (Å²) < 4.78 is 2.28. The first kappa shape index (κ1) is 12.8. The van der Waals surface area contributed by atoms with Gasteiger partial charge in [-0.2, -0.15) is 0 Å². The van der Waals surface area contributed by atoms with Gasteiger partial charge in [-0.3, -0.25) is 0 Å². The Morgan fingerprint density at radius 3 is 3.05 bits per heavy atom. The Labute approximate surface area is 117 Å². The number of hydrogen-bond acceptors (Lipinski definition) is 4. The Balaban J connectivity index is 1.64. The monoisotopic (exact) mass is 276 g/mol. The molecule has 4 nitrogen and oxygen atoms in total. The summed E-state index contributed by atoms with van der Waals surface area (Å²) >= 11 is 1.86. The highest BCUT2D eigenvalue weighted by atomic mass is 32.1. The van der Waals surface area contributed by atoms with E-state index in [1.807, 2.05) is 11.3 Å². The third-order valence-corrected chi connectivity index (χ3v) is 4.87. The molecule has 0 saturated heterocycles. The average Bonchev–Trinajstić information content (AvgIpc) is 3.02. The summed E-state index contributed by atoms with van der Waals surface area (Å²) in [5.41, 5.74) is 0. The first-order valence-corrected chi connectivity index (χ1v) is 7.76. The zero-order valence-electron chi connectivity index (χ0n) is 11.5. The molecule has 2 aromatic rings. The smallest absolute Gasteiger partial charge is 0.147 e. The van der Waals surface area contributed by atoms with Crippen molar-refractivity contribution in [2.75, 3.05) is 0 Å². The molecule has 5 heteroatoms. The van der Waals surface area contributed by atoms with Crippen LogP contribution in [0.5, 0.6) is 0 Å². The molecule has 1 aliphatic heterocycles. The second kappa shape index (κ2) is 5.43. The highest BCUT2D eigenvalue weighted by Crippen LogP contribution is 2.22. The van der Waals surface area contributed by atoms with Gasteiger partial charge in [0.1, 0.15) is 11.6 Å². The third kappa shape index (κ3) is 2.72. The van der Waals surface area contributed by atoms with Crippen LogP contribution in [0.3, 0.4) is 0 Å². The van der Waals surface area contributed by atoms with Crippen LogP contribution in [0, 0.1) is 6.92 Å². The number of thiophene rings is 1. The molecule has 0 amide bonds. The second-order valence-electron chi connectivity index (χ2n) is 5.19. The molecular formula is C14H20N4S. The van der Waals surface area contributed by atoms with Gasteiger partial charge in [-0.25, -0.2) is 0 Å². The van der Waals surface area contributed by atoms with E-state index in [-0.39, 0.29) is 0 Å². The summed E-state index contributed by atoms with van der Waals surface area (Å²) in [4.78, 5) is 2.75. The maximum absolute atomic E-state index is 4.32. The van der Waals surface area contributed by atoms with E-state index in [0.717, 1.165) is 31.2 Å². The van der Waals surface area contributed by atoms with Crippen molar-refractivity contribution < 1.29 is 0 Å². The molecule has 0 bridgehead atoms. The van der Waals surface area contributed by atoms with Gasteiger partial charge in [0.25, 0.3) is 0 Å². The molecule has 1 N–H and O–H groups in total. The predicted octanol–water partition coefficient (Wildman–Crippen LogP) is 2.84. The number of nitrogens with zero attached hydrogens (tertiary/aromatic N) is 3. The Bertz CT molecular complexity index is 558. The molecule has 19 heavy (non-hydrogen) atoms. The predicted molar refractivity (Wildman–Crippen MR) is 77.3 cm³/mol. The van der Waals surface area contributed by atoms with Crippen LogP contribution in [0.1, 0.15) is 47.2 Å². The van der Waals surface area contributed by atoms with Gasteiger partial charge in [-0.05, 0) is 38.8 Å². The van der Waals surface area contributed by atoms with Crippen molar-refractivity contribution in [3.05, 3.63) is 33.5 Å². The van der Waals surface area contributed by atoms with Crippen LogP contribution in [-0.2, 0) is 19.5 Å². The summed E-state index contributed by atoms with van der Waals surface area (Å²) in [5, 5.41) is 12.2. The van der Waals surface area contributed by atoms with Crippen LogP contribution < -0.4 is 5.32 Å². The fraction of sp³-hybridized carbons (Fsp3) is 0.571. The topological polar surface area (TPSA) is 42.7 Å². The highest BCUT2D eigenvalue weighted by molar-refractivity contribution is 7.12. The number of hydrogen-bond donors (Lipinski definition) is 1. The third-order valence-electron chi connectivity index (χ3n) is 3.69. The first-order chi connectivity index (χ1) is 9.24. The van der Waals surface area contributed by atoms with E-state index in [4.69, 9.17) is 0 Å². The molecule has 0 spiro atoms. The molecule has 0 aliphatic carbocycles.